The highest BCUT2D eigenvalue weighted by Crippen LogP contribution is 2.20. The average Bonchev–Trinajstić information content (AvgIpc) is 2.84. The van der Waals surface area contributed by atoms with Gasteiger partial charge < -0.3 is 15.4 Å². The molecule has 0 radical (unpaired) electrons. The van der Waals surface area contributed by atoms with Crippen molar-refractivity contribution in [2.24, 2.45) is 5.73 Å². The summed E-state index contributed by atoms with van der Waals surface area (Å²) in [6.45, 7) is 5.34. The topological polar surface area (TPSA) is 55.6 Å². The first kappa shape index (κ1) is 13.9. The van der Waals surface area contributed by atoms with Gasteiger partial charge >= 0.3 is 0 Å². The molecule has 1 aliphatic rings. The number of carbonyl (C=O) groups excluding carboxylic acids is 1. The fourth-order valence-corrected chi connectivity index (χ4v) is 2.34. The predicted molar refractivity (Wildman–Crippen MR) is 75.1 cm³/mol. The lowest BCUT2D eigenvalue weighted by molar-refractivity contribution is -0.137. The molecule has 1 amide bonds. The highest BCUT2D eigenvalue weighted by Gasteiger charge is 2.29. The lowest BCUT2D eigenvalue weighted by atomic mass is 10.2. The zero-order valence-electron chi connectivity index (χ0n) is 11.6. The van der Waals surface area contributed by atoms with Crippen molar-refractivity contribution in [3.8, 4) is 5.75 Å². The Hall–Kier alpha value is -1.55. The van der Waals surface area contributed by atoms with Crippen LogP contribution in [0.1, 0.15) is 25.3 Å². The standard InChI is InChI=1S/C15H22N2O2/c1-3-13(15(18)17-9-8-12(16)10-17)19-14-7-5-4-6-11(14)2/h4-7,12-13H,3,8-10,16H2,1-2H3/t12-,13?/m1/s1. The van der Waals surface area contributed by atoms with E-state index in [4.69, 9.17) is 10.5 Å². The minimum atomic E-state index is -0.411. The van der Waals surface area contributed by atoms with E-state index in [1.54, 1.807) is 0 Å². The number of nitrogens with two attached hydrogens (primary N) is 1. The maximum atomic E-state index is 12.4. The van der Waals surface area contributed by atoms with Crippen molar-refractivity contribution < 1.29 is 9.53 Å². The minimum Gasteiger partial charge on any atom is -0.480 e. The summed E-state index contributed by atoms with van der Waals surface area (Å²) in [7, 11) is 0. The van der Waals surface area contributed by atoms with E-state index in [-0.39, 0.29) is 11.9 Å². The van der Waals surface area contributed by atoms with E-state index in [2.05, 4.69) is 0 Å². The molecule has 0 aromatic heterocycles. The summed E-state index contributed by atoms with van der Waals surface area (Å²) in [4.78, 5) is 14.2. The van der Waals surface area contributed by atoms with Gasteiger partial charge in [-0.15, -0.1) is 0 Å². The molecule has 1 aromatic rings. The molecule has 1 heterocycles. The van der Waals surface area contributed by atoms with Gasteiger partial charge in [-0.2, -0.15) is 0 Å². The summed E-state index contributed by atoms with van der Waals surface area (Å²) >= 11 is 0. The first-order valence-corrected chi connectivity index (χ1v) is 6.88. The number of ether oxygens (including phenoxy) is 1. The van der Waals surface area contributed by atoms with E-state index < -0.39 is 6.10 Å². The largest absolute Gasteiger partial charge is 0.480 e. The Kier molecular flexibility index (Phi) is 4.43. The molecule has 0 saturated carbocycles. The van der Waals surface area contributed by atoms with E-state index in [9.17, 15) is 4.79 Å². The van der Waals surface area contributed by atoms with Gasteiger partial charge in [0.15, 0.2) is 6.10 Å². The number of para-hydroxylation sites is 1. The van der Waals surface area contributed by atoms with Crippen molar-refractivity contribution in [1.29, 1.82) is 0 Å². The van der Waals surface area contributed by atoms with Gasteiger partial charge in [0.25, 0.3) is 5.91 Å². The zero-order valence-corrected chi connectivity index (χ0v) is 11.6. The Morgan fingerprint density at radius 2 is 2.26 bits per heavy atom. The lowest BCUT2D eigenvalue weighted by Gasteiger charge is -2.24. The number of hydrogen-bond donors (Lipinski definition) is 1. The second-order valence-electron chi connectivity index (χ2n) is 5.11. The van der Waals surface area contributed by atoms with E-state index in [0.29, 0.717) is 13.0 Å². The molecule has 1 saturated heterocycles. The fraction of sp³-hybridized carbons (Fsp3) is 0.533. The SMILES string of the molecule is CCC(Oc1ccccc1C)C(=O)N1CC[C@@H](N)C1. The molecular formula is C15H22N2O2. The van der Waals surface area contributed by atoms with Crippen molar-refractivity contribution in [1.82, 2.24) is 4.90 Å². The molecule has 4 heteroatoms. The number of likely N-dealkylation sites (tertiary alicyclic amines) is 1. The Morgan fingerprint density at radius 3 is 2.84 bits per heavy atom. The molecule has 0 aliphatic carbocycles. The molecule has 1 aliphatic heterocycles. The van der Waals surface area contributed by atoms with Gasteiger partial charge in [0.2, 0.25) is 0 Å². The summed E-state index contributed by atoms with van der Waals surface area (Å²) in [5.74, 6) is 0.838. The van der Waals surface area contributed by atoms with Gasteiger partial charge in [0.05, 0.1) is 0 Å². The first-order valence-electron chi connectivity index (χ1n) is 6.88. The van der Waals surface area contributed by atoms with Crippen molar-refractivity contribution >= 4 is 5.91 Å². The Balaban J connectivity index is 2.04. The lowest BCUT2D eigenvalue weighted by Crippen LogP contribution is -2.41. The molecule has 2 rings (SSSR count). The molecule has 2 N–H and O–H groups in total. The van der Waals surface area contributed by atoms with Crippen molar-refractivity contribution in [2.75, 3.05) is 13.1 Å². The van der Waals surface area contributed by atoms with Crippen LogP contribution in [0.3, 0.4) is 0 Å². The third kappa shape index (κ3) is 3.26. The zero-order chi connectivity index (χ0) is 13.8. The highest BCUT2D eigenvalue weighted by molar-refractivity contribution is 5.81. The maximum absolute atomic E-state index is 12.4. The maximum Gasteiger partial charge on any atom is 0.263 e. The van der Waals surface area contributed by atoms with Crippen LogP contribution >= 0.6 is 0 Å². The number of aryl methyl sites for hydroxylation is 1. The van der Waals surface area contributed by atoms with Crippen LogP contribution in [0.4, 0.5) is 0 Å². The van der Waals surface area contributed by atoms with Gasteiger partial charge in [-0.1, -0.05) is 25.1 Å². The number of rotatable bonds is 4. The van der Waals surface area contributed by atoms with Crippen LogP contribution < -0.4 is 10.5 Å². The Labute approximate surface area is 114 Å². The number of carbonyl (C=O) groups is 1. The van der Waals surface area contributed by atoms with E-state index in [1.165, 1.54) is 0 Å². The Morgan fingerprint density at radius 1 is 1.53 bits per heavy atom. The molecule has 2 atom stereocenters. The van der Waals surface area contributed by atoms with Crippen molar-refractivity contribution in [3.63, 3.8) is 0 Å². The van der Waals surface area contributed by atoms with Gasteiger partial charge in [-0.25, -0.2) is 0 Å². The van der Waals surface area contributed by atoms with Gasteiger partial charge in [0.1, 0.15) is 5.75 Å². The monoisotopic (exact) mass is 262 g/mol. The number of nitrogens with zero attached hydrogens (tertiary/aromatic N) is 1. The number of benzene rings is 1. The molecule has 4 nitrogen and oxygen atoms in total. The van der Waals surface area contributed by atoms with Crippen LogP contribution in [0.15, 0.2) is 24.3 Å². The van der Waals surface area contributed by atoms with Crippen LogP contribution in [0.25, 0.3) is 0 Å². The average molecular weight is 262 g/mol. The van der Waals surface area contributed by atoms with Crippen LogP contribution in [0, 0.1) is 6.92 Å². The van der Waals surface area contributed by atoms with E-state index in [1.807, 2.05) is 43.0 Å². The van der Waals surface area contributed by atoms with Gasteiger partial charge in [0, 0.05) is 19.1 Å². The summed E-state index contributed by atoms with van der Waals surface area (Å²) in [5, 5.41) is 0. The van der Waals surface area contributed by atoms with Crippen LogP contribution in [0.5, 0.6) is 5.75 Å². The third-order valence-electron chi connectivity index (χ3n) is 3.55. The second kappa shape index (κ2) is 6.06. The van der Waals surface area contributed by atoms with Crippen LogP contribution in [-0.4, -0.2) is 36.0 Å². The molecule has 104 valence electrons. The molecule has 1 unspecified atom stereocenters. The molecule has 1 aromatic carbocycles. The van der Waals surface area contributed by atoms with Crippen molar-refractivity contribution in [3.05, 3.63) is 29.8 Å². The summed E-state index contributed by atoms with van der Waals surface area (Å²) in [6, 6.07) is 7.88. The first-order chi connectivity index (χ1) is 9.11. The second-order valence-corrected chi connectivity index (χ2v) is 5.11. The van der Waals surface area contributed by atoms with Gasteiger partial charge in [-0.05, 0) is 31.4 Å². The summed E-state index contributed by atoms with van der Waals surface area (Å²) < 4.78 is 5.87. The van der Waals surface area contributed by atoms with Crippen molar-refractivity contribution in [2.45, 2.75) is 38.8 Å². The Bertz CT molecular complexity index is 448. The van der Waals surface area contributed by atoms with Gasteiger partial charge in [-0.3, -0.25) is 4.79 Å². The van der Waals surface area contributed by atoms with Crippen LogP contribution in [-0.2, 0) is 4.79 Å². The number of hydrogen-bond acceptors (Lipinski definition) is 3. The summed E-state index contributed by atoms with van der Waals surface area (Å²) in [5.41, 5.74) is 6.89. The predicted octanol–water partition coefficient (Wildman–Crippen LogP) is 1.71. The molecule has 19 heavy (non-hydrogen) atoms. The quantitative estimate of drug-likeness (QED) is 0.898. The third-order valence-corrected chi connectivity index (χ3v) is 3.55. The molecule has 1 fully saturated rings. The molecular weight excluding hydrogens is 240 g/mol. The fourth-order valence-electron chi connectivity index (χ4n) is 2.34. The number of amides is 1. The van der Waals surface area contributed by atoms with E-state index >= 15 is 0 Å². The molecule has 0 spiro atoms. The molecule has 0 bridgehead atoms. The smallest absolute Gasteiger partial charge is 0.263 e. The summed E-state index contributed by atoms with van der Waals surface area (Å²) in [6.07, 6.45) is 1.14. The van der Waals surface area contributed by atoms with Crippen LogP contribution in [0.2, 0.25) is 0 Å². The normalized spacial score (nSPS) is 20.4. The highest BCUT2D eigenvalue weighted by atomic mass is 16.5. The van der Waals surface area contributed by atoms with E-state index in [0.717, 1.165) is 24.3 Å². The minimum absolute atomic E-state index is 0.0544.